The van der Waals surface area contributed by atoms with Crippen LogP contribution in [0.5, 0.6) is 0 Å². The summed E-state index contributed by atoms with van der Waals surface area (Å²) in [7, 11) is 0. The molecule has 0 radical (unpaired) electrons. The van der Waals surface area contributed by atoms with E-state index < -0.39 is 6.10 Å². The largest absolute Gasteiger partial charge is 0.387 e. The van der Waals surface area contributed by atoms with Gasteiger partial charge in [0, 0.05) is 4.90 Å². The van der Waals surface area contributed by atoms with Crippen LogP contribution in [-0.4, -0.2) is 16.5 Å². The molecule has 20 heavy (non-hydrogen) atoms. The van der Waals surface area contributed by atoms with E-state index in [1.807, 2.05) is 66.7 Å². The van der Waals surface area contributed by atoms with E-state index in [9.17, 15) is 5.11 Å². The van der Waals surface area contributed by atoms with Gasteiger partial charge in [-0.2, -0.15) is 0 Å². The van der Waals surface area contributed by atoms with Crippen LogP contribution in [0.1, 0.15) is 5.56 Å². The fourth-order valence-electron chi connectivity index (χ4n) is 1.72. The number of thioether (sulfide) groups is 1. The molecule has 0 aliphatic carbocycles. The first kappa shape index (κ1) is 14.5. The van der Waals surface area contributed by atoms with Gasteiger partial charge in [-0.15, -0.1) is 18.2 Å². The Bertz CT molecular complexity index is 584. The van der Waals surface area contributed by atoms with Crippen LogP contribution in [0.4, 0.5) is 0 Å². The number of rotatable bonds is 5. The number of hydrogen-bond donors (Lipinski definition) is 1. The minimum absolute atomic E-state index is 0.294. The Morgan fingerprint density at radius 3 is 2.20 bits per heavy atom. The standard InChI is InChI=1S/C18H16OS/c1-2-18(20-16-11-7-4-8-12-16)17(19)14-13-15-9-5-3-6-10-15/h1,3-14,17-19H/b14-13+/t17-,18-/m1/s1. The summed E-state index contributed by atoms with van der Waals surface area (Å²) in [5, 5.41) is 9.89. The molecule has 2 aromatic carbocycles. The van der Waals surface area contributed by atoms with Crippen molar-refractivity contribution in [2.75, 3.05) is 0 Å². The predicted octanol–water partition coefficient (Wildman–Crippen LogP) is 3.85. The lowest BCUT2D eigenvalue weighted by molar-refractivity contribution is 0.235. The van der Waals surface area contributed by atoms with E-state index in [0.29, 0.717) is 0 Å². The molecule has 0 aromatic heterocycles. The zero-order chi connectivity index (χ0) is 14.2. The van der Waals surface area contributed by atoms with Crippen molar-refractivity contribution in [3.63, 3.8) is 0 Å². The molecule has 1 nitrogen and oxygen atoms in total. The van der Waals surface area contributed by atoms with Crippen molar-refractivity contribution in [1.29, 1.82) is 0 Å². The van der Waals surface area contributed by atoms with Crippen LogP contribution >= 0.6 is 11.8 Å². The normalized spacial score (nSPS) is 13.8. The number of terminal acetylenes is 1. The van der Waals surface area contributed by atoms with Gasteiger partial charge in [-0.3, -0.25) is 0 Å². The Balaban J connectivity index is 2.01. The van der Waals surface area contributed by atoms with E-state index in [4.69, 9.17) is 6.42 Å². The quantitative estimate of drug-likeness (QED) is 0.663. The highest BCUT2D eigenvalue weighted by Gasteiger charge is 2.15. The van der Waals surface area contributed by atoms with Gasteiger partial charge >= 0.3 is 0 Å². The second-order valence-corrected chi connectivity index (χ2v) is 5.49. The van der Waals surface area contributed by atoms with E-state index in [0.717, 1.165) is 10.5 Å². The molecular weight excluding hydrogens is 264 g/mol. The molecule has 2 aromatic rings. The molecule has 0 fully saturated rings. The zero-order valence-corrected chi connectivity index (χ0v) is 11.8. The maximum Gasteiger partial charge on any atom is 0.0995 e. The molecule has 2 atom stereocenters. The second kappa shape index (κ2) is 7.59. The Kier molecular flexibility index (Phi) is 5.49. The lowest BCUT2D eigenvalue weighted by atomic mass is 10.1. The number of aliphatic hydroxyl groups excluding tert-OH is 1. The van der Waals surface area contributed by atoms with E-state index in [1.165, 1.54) is 11.8 Å². The van der Waals surface area contributed by atoms with E-state index in [1.54, 1.807) is 6.08 Å². The average Bonchev–Trinajstić information content (AvgIpc) is 2.52. The summed E-state index contributed by atoms with van der Waals surface area (Å²) in [5.41, 5.74) is 1.05. The summed E-state index contributed by atoms with van der Waals surface area (Å²) in [6.07, 6.45) is 8.49. The van der Waals surface area contributed by atoms with Crippen molar-refractivity contribution in [2.45, 2.75) is 16.2 Å². The molecule has 1 N–H and O–H groups in total. The lowest BCUT2D eigenvalue weighted by Gasteiger charge is -2.14. The summed E-state index contributed by atoms with van der Waals surface area (Å²) < 4.78 is 0. The predicted molar refractivity (Wildman–Crippen MR) is 86.4 cm³/mol. The SMILES string of the molecule is C#C[C@@H](Sc1ccccc1)[C@H](O)/C=C/c1ccccc1. The van der Waals surface area contributed by atoms with Crippen molar-refractivity contribution >= 4 is 17.8 Å². The summed E-state index contributed by atoms with van der Waals surface area (Å²) >= 11 is 1.49. The van der Waals surface area contributed by atoms with Gasteiger partial charge in [0.25, 0.3) is 0 Å². The van der Waals surface area contributed by atoms with Gasteiger partial charge in [0.2, 0.25) is 0 Å². The molecule has 0 saturated heterocycles. The van der Waals surface area contributed by atoms with E-state index in [-0.39, 0.29) is 5.25 Å². The van der Waals surface area contributed by atoms with Crippen LogP contribution in [-0.2, 0) is 0 Å². The third-order valence-electron chi connectivity index (χ3n) is 2.77. The maximum absolute atomic E-state index is 10.2. The van der Waals surface area contributed by atoms with Crippen molar-refractivity contribution in [1.82, 2.24) is 0 Å². The average molecular weight is 280 g/mol. The molecule has 100 valence electrons. The highest BCUT2D eigenvalue weighted by Crippen LogP contribution is 2.25. The summed E-state index contributed by atoms with van der Waals surface area (Å²) in [4.78, 5) is 1.06. The third kappa shape index (κ3) is 4.31. The second-order valence-electron chi connectivity index (χ2n) is 4.28. The molecule has 0 bridgehead atoms. The molecule has 0 amide bonds. The van der Waals surface area contributed by atoms with E-state index in [2.05, 4.69) is 5.92 Å². The highest BCUT2D eigenvalue weighted by molar-refractivity contribution is 8.00. The van der Waals surface area contributed by atoms with Gasteiger partial charge in [0.1, 0.15) is 0 Å². The van der Waals surface area contributed by atoms with Gasteiger partial charge in [0.05, 0.1) is 11.4 Å². The molecule has 2 heteroatoms. The smallest absolute Gasteiger partial charge is 0.0995 e. The van der Waals surface area contributed by atoms with Crippen molar-refractivity contribution in [2.24, 2.45) is 0 Å². The monoisotopic (exact) mass is 280 g/mol. The van der Waals surface area contributed by atoms with Crippen LogP contribution in [0, 0.1) is 12.3 Å². The van der Waals surface area contributed by atoms with Gasteiger partial charge in [-0.1, -0.05) is 66.6 Å². The van der Waals surface area contributed by atoms with Crippen LogP contribution < -0.4 is 0 Å². The molecule has 0 heterocycles. The Hall–Kier alpha value is -1.95. The summed E-state index contributed by atoms with van der Waals surface area (Å²) in [5.74, 6) is 2.65. The molecular formula is C18H16OS. The number of benzene rings is 2. The highest BCUT2D eigenvalue weighted by atomic mass is 32.2. The molecule has 0 saturated carbocycles. The van der Waals surface area contributed by atoms with Crippen LogP contribution in [0.15, 0.2) is 71.6 Å². The van der Waals surface area contributed by atoms with Gasteiger partial charge in [-0.25, -0.2) is 0 Å². The summed E-state index contributed by atoms with van der Waals surface area (Å²) in [6, 6.07) is 19.7. The first-order valence-electron chi connectivity index (χ1n) is 6.39. The molecule has 2 rings (SSSR count). The Morgan fingerprint density at radius 2 is 1.60 bits per heavy atom. The molecule has 0 spiro atoms. The van der Waals surface area contributed by atoms with Crippen LogP contribution in [0.2, 0.25) is 0 Å². The number of hydrogen-bond acceptors (Lipinski definition) is 2. The van der Waals surface area contributed by atoms with Gasteiger partial charge in [0.15, 0.2) is 0 Å². The summed E-state index contributed by atoms with van der Waals surface area (Å²) in [6.45, 7) is 0. The lowest BCUT2D eigenvalue weighted by Crippen LogP contribution is -2.18. The van der Waals surface area contributed by atoms with Gasteiger partial charge in [-0.05, 0) is 17.7 Å². The minimum Gasteiger partial charge on any atom is -0.387 e. The van der Waals surface area contributed by atoms with E-state index >= 15 is 0 Å². The Morgan fingerprint density at radius 1 is 1.00 bits per heavy atom. The maximum atomic E-state index is 10.2. The Labute approximate surface area is 124 Å². The minimum atomic E-state index is -0.676. The van der Waals surface area contributed by atoms with Crippen molar-refractivity contribution < 1.29 is 5.11 Å². The third-order valence-corrected chi connectivity index (χ3v) is 3.98. The molecule has 0 unspecified atom stereocenters. The molecule has 0 aliphatic rings. The van der Waals surface area contributed by atoms with Crippen molar-refractivity contribution in [3.05, 3.63) is 72.3 Å². The zero-order valence-electron chi connectivity index (χ0n) is 11.0. The molecule has 0 aliphatic heterocycles. The van der Waals surface area contributed by atoms with Gasteiger partial charge < -0.3 is 5.11 Å². The fraction of sp³-hybridized carbons (Fsp3) is 0.111. The topological polar surface area (TPSA) is 20.2 Å². The first-order valence-corrected chi connectivity index (χ1v) is 7.27. The van der Waals surface area contributed by atoms with Crippen LogP contribution in [0.3, 0.4) is 0 Å². The number of aliphatic hydroxyl groups is 1. The first-order chi connectivity index (χ1) is 9.79. The van der Waals surface area contributed by atoms with Crippen LogP contribution in [0.25, 0.3) is 6.08 Å². The fourth-order valence-corrected chi connectivity index (χ4v) is 2.63. The van der Waals surface area contributed by atoms with Crippen molar-refractivity contribution in [3.8, 4) is 12.3 Å².